The van der Waals surface area contributed by atoms with E-state index in [-0.39, 0.29) is 0 Å². The van der Waals surface area contributed by atoms with Crippen molar-refractivity contribution in [3.63, 3.8) is 0 Å². The molecule has 244 valence electrons. The molecule has 2 aliphatic rings. The minimum atomic E-state index is 0.940. The van der Waals surface area contributed by atoms with Crippen molar-refractivity contribution in [2.24, 2.45) is 4.99 Å². The van der Waals surface area contributed by atoms with Gasteiger partial charge in [0.25, 0.3) is 0 Å². The van der Waals surface area contributed by atoms with Gasteiger partial charge in [-0.25, -0.2) is 9.97 Å². The number of rotatable bonds is 3. The Balaban J connectivity index is 1.04. The number of pyridine rings is 2. The largest absolute Gasteiger partial charge is 0.250 e. The van der Waals surface area contributed by atoms with E-state index in [4.69, 9.17) is 15.0 Å². The van der Waals surface area contributed by atoms with E-state index in [2.05, 4.69) is 152 Å². The van der Waals surface area contributed by atoms with E-state index < -0.39 is 0 Å². The molecule has 0 unspecified atom stereocenters. The lowest BCUT2D eigenvalue weighted by atomic mass is 9.86. The van der Waals surface area contributed by atoms with Crippen molar-refractivity contribution in [3.05, 3.63) is 168 Å². The van der Waals surface area contributed by atoms with Gasteiger partial charge < -0.3 is 0 Å². The van der Waals surface area contributed by atoms with Gasteiger partial charge in [0, 0.05) is 38.6 Å². The third-order valence-corrected chi connectivity index (χ3v) is 11.2. The minimum Gasteiger partial charge on any atom is -0.250 e. The summed E-state index contributed by atoms with van der Waals surface area (Å²) in [6.07, 6.45) is 8.62. The Morgan fingerprint density at radius 1 is 0.481 bits per heavy atom. The molecule has 52 heavy (non-hydrogen) atoms. The zero-order valence-electron chi connectivity index (χ0n) is 28.6. The smallest absolute Gasteiger partial charge is 0.0968 e. The van der Waals surface area contributed by atoms with Gasteiger partial charge in [-0.05, 0) is 87.5 Å². The molecule has 11 rings (SSSR count). The van der Waals surface area contributed by atoms with Crippen LogP contribution in [0.4, 0.5) is 5.69 Å². The molecule has 0 radical (unpaired) electrons. The fraction of sp³-hybridized carbons (Fsp3) is 0.0816. The predicted molar refractivity (Wildman–Crippen MR) is 219 cm³/mol. The summed E-state index contributed by atoms with van der Waals surface area (Å²) in [6, 6.07) is 50.4. The zero-order chi connectivity index (χ0) is 34.2. The van der Waals surface area contributed by atoms with Crippen molar-refractivity contribution >= 4 is 71.6 Å². The minimum absolute atomic E-state index is 0.940. The van der Waals surface area contributed by atoms with Crippen LogP contribution in [0.5, 0.6) is 0 Å². The summed E-state index contributed by atoms with van der Waals surface area (Å²) in [5.74, 6) is 0. The molecule has 2 aromatic heterocycles. The van der Waals surface area contributed by atoms with Crippen LogP contribution in [0.1, 0.15) is 35.1 Å². The summed E-state index contributed by atoms with van der Waals surface area (Å²) in [5.41, 5.74) is 13.6. The highest BCUT2D eigenvalue weighted by atomic mass is 14.8. The number of hydrogen-bond acceptors (Lipinski definition) is 3. The molecule has 0 saturated heterocycles. The lowest BCUT2D eigenvalue weighted by Gasteiger charge is -2.20. The lowest BCUT2D eigenvalue weighted by Crippen LogP contribution is -2.08. The fourth-order valence-corrected chi connectivity index (χ4v) is 8.62. The third kappa shape index (κ3) is 4.56. The van der Waals surface area contributed by atoms with Crippen LogP contribution in [0.2, 0.25) is 0 Å². The van der Waals surface area contributed by atoms with Gasteiger partial charge in [0.05, 0.1) is 28.1 Å². The maximum atomic E-state index is 5.53. The quantitative estimate of drug-likeness (QED) is 0.176. The molecule has 1 aliphatic heterocycles. The standard InChI is InChI=1S/C49H33N3/c1-2-10-30(11-3-1)43-26-24-31-18-19-32-25-27-44(51-48(32)47(31)50-43)35-22-20-34-29-36(23-21-33(34)28-35)46-42-17-9-7-15-40(42)45-39-14-6-4-12-37(39)38-13-5-8-16-41(38)49(45)52-46/h1-4,6-12,14-23,25,27-29H,5,13,24,26H2. The van der Waals surface area contributed by atoms with E-state index in [0.717, 1.165) is 76.0 Å². The number of aryl methyl sites for hydroxylation is 2. The van der Waals surface area contributed by atoms with Crippen LogP contribution in [0.3, 0.4) is 0 Å². The van der Waals surface area contributed by atoms with Crippen LogP contribution < -0.4 is 0 Å². The molecule has 0 bridgehead atoms. The van der Waals surface area contributed by atoms with Crippen molar-refractivity contribution in [3.8, 4) is 22.5 Å². The number of aliphatic imine (C=N–C) groups is 1. The summed E-state index contributed by atoms with van der Waals surface area (Å²) in [7, 11) is 0. The van der Waals surface area contributed by atoms with E-state index in [1.54, 1.807) is 0 Å². The monoisotopic (exact) mass is 663 g/mol. The number of aromatic nitrogens is 2. The highest BCUT2D eigenvalue weighted by molar-refractivity contribution is 6.24. The summed E-state index contributed by atoms with van der Waals surface area (Å²) in [6.45, 7) is 0. The first-order valence-corrected chi connectivity index (χ1v) is 18.3. The fourth-order valence-electron chi connectivity index (χ4n) is 8.62. The van der Waals surface area contributed by atoms with Gasteiger partial charge in [-0.3, -0.25) is 4.99 Å². The van der Waals surface area contributed by atoms with Crippen molar-refractivity contribution in [2.75, 3.05) is 0 Å². The second-order valence-corrected chi connectivity index (χ2v) is 14.2. The van der Waals surface area contributed by atoms with Gasteiger partial charge in [0.15, 0.2) is 0 Å². The second kappa shape index (κ2) is 11.5. The topological polar surface area (TPSA) is 38.1 Å². The van der Waals surface area contributed by atoms with E-state index in [0.29, 0.717) is 0 Å². The maximum absolute atomic E-state index is 5.53. The molecular formula is C49H33N3. The van der Waals surface area contributed by atoms with Crippen LogP contribution in [-0.2, 0) is 12.8 Å². The van der Waals surface area contributed by atoms with Crippen molar-refractivity contribution in [2.45, 2.75) is 25.7 Å². The van der Waals surface area contributed by atoms with Gasteiger partial charge >= 0.3 is 0 Å². The second-order valence-electron chi connectivity index (χ2n) is 14.2. The number of allylic oxidation sites excluding steroid dienone is 1. The highest BCUT2D eigenvalue weighted by Crippen LogP contribution is 2.42. The normalized spacial score (nSPS) is 13.9. The lowest BCUT2D eigenvalue weighted by molar-refractivity contribution is 0.999. The molecule has 9 aromatic rings. The summed E-state index contributed by atoms with van der Waals surface area (Å²) < 4.78 is 0. The van der Waals surface area contributed by atoms with Crippen LogP contribution in [0, 0.1) is 0 Å². The molecule has 0 amide bonds. The first kappa shape index (κ1) is 29.3. The molecule has 3 heteroatoms. The molecule has 3 heterocycles. The van der Waals surface area contributed by atoms with Gasteiger partial charge in [-0.15, -0.1) is 0 Å². The Morgan fingerprint density at radius 3 is 2.02 bits per heavy atom. The summed E-state index contributed by atoms with van der Waals surface area (Å²) >= 11 is 0. The molecule has 3 nitrogen and oxygen atoms in total. The van der Waals surface area contributed by atoms with Crippen LogP contribution in [0.25, 0.3) is 82.7 Å². The van der Waals surface area contributed by atoms with E-state index in [1.807, 2.05) is 0 Å². The van der Waals surface area contributed by atoms with E-state index in [1.165, 1.54) is 60.0 Å². The number of hydrogen-bond donors (Lipinski definition) is 0. The van der Waals surface area contributed by atoms with Gasteiger partial charge in [0.1, 0.15) is 0 Å². The molecule has 1 aliphatic carbocycles. The first-order valence-electron chi connectivity index (χ1n) is 18.3. The van der Waals surface area contributed by atoms with Gasteiger partial charge in [0.2, 0.25) is 0 Å². The van der Waals surface area contributed by atoms with Crippen molar-refractivity contribution in [1.82, 2.24) is 9.97 Å². The highest BCUT2D eigenvalue weighted by Gasteiger charge is 2.21. The zero-order valence-corrected chi connectivity index (χ0v) is 28.6. The SMILES string of the molecule is C1=Cc2c(c3ccccc3c3c2nc(-c2ccc4cc(-c5ccc6ccc7c(c6n5)N=C(c5ccccc5)CC7)ccc4c2)c2ccccc23)CC1. The van der Waals surface area contributed by atoms with Crippen molar-refractivity contribution in [1.29, 1.82) is 0 Å². The third-order valence-electron chi connectivity index (χ3n) is 11.2. The summed E-state index contributed by atoms with van der Waals surface area (Å²) in [4.78, 5) is 16.0. The number of nitrogens with zero attached hydrogens (tertiary/aromatic N) is 3. The van der Waals surface area contributed by atoms with Gasteiger partial charge in [-0.2, -0.15) is 0 Å². The Hall–Kier alpha value is -6.45. The summed E-state index contributed by atoms with van der Waals surface area (Å²) in [5, 5.41) is 9.79. The average Bonchev–Trinajstić information content (AvgIpc) is 3.22. The molecule has 0 N–H and O–H groups in total. The molecular weight excluding hydrogens is 631 g/mol. The molecule has 0 atom stereocenters. The number of benzene rings is 7. The molecule has 7 aromatic carbocycles. The van der Waals surface area contributed by atoms with E-state index >= 15 is 0 Å². The van der Waals surface area contributed by atoms with E-state index in [9.17, 15) is 0 Å². The molecule has 0 fully saturated rings. The Bertz CT molecular complexity index is 3010. The Kier molecular flexibility index (Phi) is 6.50. The maximum Gasteiger partial charge on any atom is 0.0968 e. The van der Waals surface area contributed by atoms with Crippen LogP contribution in [-0.4, -0.2) is 15.7 Å². The predicted octanol–water partition coefficient (Wildman–Crippen LogP) is 12.6. The first-order chi connectivity index (χ1) is 25.8. The van der Waals surface area contributed by atoms with Crippen LogP contribution in [0.15, 0.2) is 151 Å². The van der Waals surface area contributed by atoms with Crippen molar-refractivity contribution < 1.29 is 0 Å². The number of fused-ring (bicyclic) bond motifs is 12. The Labute approximate surface area is 301 Å². The average molecular weight is 664 g/mol. The van der Waals surface area contributed by atoms with Gasteiger partial charge in [-0.1, -0.05) is 133 Å². The molecule has 0 saturated carbocycles. The Morgan fingerprint density at radius 2 is 1.17 bits per heavy atom. The molecule has 0 spiro atoms. The van der Waals surface area contributed by atoms with Crippen LogP contribution >= 0.6 is 0 Å².